The number of ketones is 1. The number of carbonyl (C=O) groups is 4. The molecule has 7 nitrogen and oxygen atoms in total. The van der Waals surface area contributed by atoms with Gasteiger partial charge in [-0.25, -0.2) is 0 Å². The summed E-state index contributed by atoms with van der Waals surface area (Å²) < 4.78 is 1.09. The van der Waals surface area contributed by atoms with Gasteiger partial charge in [0.15, 0.2) is 0 Å². The second-order valence-electron chi connectivity index (χ2n) is 8.83. The Labute approximate surface area is 202 Å². The molecule has 32 heavy (non-hydrogen) atoms. The molecule has 1 aromatic rings. The molecule has 1 fully saturated rings. The van der Waals surface area contributed by atoms with Gasteiger partial charge in [-0.3, -0.25) is 19.2 Å². The lowest BCUT2D eigenvalue weighted by molar-refractivity contribution is -0.137. The van der Waals surface area contributed by atoms with E-state index in [-0.39, 0.29) is 23.9 Å². The van der Waals surface area contributed by atoms with Gasteiger partial charge in [0.1, 0.15) is 0 Å². The monoisotopic (exact) mass is 551 g/mol. The van der Waals surface area contributed by atoms with Gasteiger partial charge in [-0.15, -0.1) is 0 Å². The zero-order valence-corrected chi connectivity index (χ0v) is 21.7. The predicted octanol–water partition coefficient (Wildman–Crippen LogP) is 3.42. The zero-order valence-electron chi connectivity index (χ0n) is 19.5. The van der Waals surface area contributed by atoms with Crippen molar-refractivity contribution in [3.8, 4) is 0 Å². The van der Waals surface area contributed by atoms with Gasteiger partial charge in [0, 0.05) is 26.9 Å². The Kier molecular flexibility index (Phi) is 8.03. The van der Waals surface area contributed by atoms with Crippen molar-refractivity contribution in [1.82, 2.24) is 10.6 Å². The Morgan fingerprint density at radius 1 is 1.06 bits per heavy atom. The number of anilines is 1. The number of aryl methyl sites for hydroxylation is 1. The molecule has 1 heterocycles. The van der Waals surface area contributed by atoms with Crippen LogP contribution in [0.25, 0.3) is 0 Å². The second kappa shape index (κ2) is 9.97. The van der Waals surface area contributed by atoms with Crippen LogP contribution in [0.1, 0.15) is 47.1 Å². The van der Waals surface area contributed by atoms with Crippen LogP contribution in [0.3, 0.4) is 0 Å². The highest BCUT2D eigenvalue weighted by molar-refractivity contribution is 14.1. The van der Waals surface area contributed by atoms with Gasteiger partial charge < -0.3 is 16.0 Å². The molecule has 8 heteroatoms. The lowest BCUT2D eigenvalue weighted by atomic mass is 9.86. The van der Waals surface area contributed by atoms with Crippen LogP contribution in [0.5, 0.6) is 0 Å². The minimum atomic E-state index is -0.806. The van der Waals surface area contributed by atoms with E-state index in [1.165, 1.54) is 6.92 Å². The quantitative estimate of drug-likeness (QED) is 0.218. The maximum absolute atomic E-state index is 13.0. The van der Waals surface area contributed by atoms with Gasteiger partial charge in [0.25, 0.3) is 11.8 Å². The van der Waals surface area contributed by atoms with Crippen molar-refractivity contribution in [1.29, 1.82) is 0 Å². The van der Waals surface area contributed by atoms with Gasteiger partial charge in [0.05, 0.1) is 11.5 Å². The van der Waals surface area contributed by atoms with Crippen molar-refractivity contribution >= 4 is 51.8 Å². The number of benzene rings is 1. The molecule has 0 aliphatic carbocycles. The van der Waals surface area contributed by atoms with Crippen molar-refractivity contribution in [3.05, 3.63) is 49.6 Å². The van der Waals surface area contributed by atoms with E-state index in [4.69, 9.17) is 0 Å². The van der Waals surface area contributed by atoms with Crippen LogP contribution in [0.4, 0.5) is 5.69 Å². The number of nitrogens with one attached hydrogen (secondary N) is 3. The molecular weight excluding hydrogens is 521 g/mol. The number of Topliss-reactive ketones (excluding diaryl/α,β-unsaturated/α-hetero) is 1. The van der Waals surface area contributed by atoms with Crippen LogP contribution in [-0.4, -0.2) is 36.1 Å². The lowest BCUT2D eigenvalue weighted by Crippen LogP contribution is -2.47. The molecule has 1 aliphatic rings. The highest BCUT2D eigenvalue weighted by Crippen LogP contribution is 2.26. The van der Waals surface area contributed by atoms with E-state index in [0.29, 0.717) is 16.8 Å². The molecule has 172 valence electrons. The fourth-order valence-electron chi connectivity index (χ4n) is 3.51. The summed E-state index contributed by atoms with van der Waals surface area (Å²) in [6.45, 7) is 12.4. The third-order valence-electron chi connectivity index (χ3n) is 5.86. The van der Waals surface area contributed by atoms with Crippen LogP contribution < -0.4 is 16.0 Å². The topological polar surface area (TPSA) is 104 Å². The zero-order chi connectivity index (χ0) is 24.4. The predicted molar refractivity (Wildman–Crippen MR) is 133 cm³/mol. The third kappa shape index (κ3) is 5.46. The average Bonchev–Trinajstić information content (AvgIpc) is 2.95. The Morgan fingerprint density at radius 3 is 2.19 bits per heavy atom. The molecule has 2 rings (SSSR count). The first-order chi connectivity index (χ1) is 14.8. The largest absolute Gasteiger partial charge is 0.353 e. The third-order valence-corrected chi connectivity index (χ3v) is 7.07. The summed E-state index contributed by atoms with van der Waals surface area (Å²) in [7, 11) is 0. The molecule has 1 aromatic carbocycles. The molecule has 0 aromatic heterocycles. The summed E-state index contributed by atoms with van der Waals surface area (Å²) >= 11 is 2.22. The Morgan fingerprint density at radius 2 is 1.69 bits per heavy atom. The molecular formula is C24H30IN3O4. The van der Waals surface area contributed by atoms with E-state index in [9.17, 15) is 19.2 Å². The first-order valence-electron chi connectivity index (χ1n) is 10.3. The molecule has 0 bridgehead atoms. The van der Waals surface area contributed by atoms with Crippen LogP contribution in [0.15, 0.2) is 40.5 Å². The first kappa shape index (κ1) is 25.8. The van der Waals surface area contributed by atoms with E-state index in [1.54, 1.807) is 34.6 Å². The minimum absolute atomic E-state index is 0.173. The Bertz CT molecular complexity index is 1050. The van der Waals surface area contributed by atoms with Crippen molar-refractivity contribution in [2.75, 3.05) is 11.9 Å². The summed E-state index contributed by atoms with van der Waals surface area (Å²) in [5.74, 6) is -2.04. The van der Waals surface area contributed by atoms with E-state index in [1.807, 2.05) is 25.1 Å². The van der Waals surface area contributed by atoms with Crippen LogP contribution in [0, 0.1) is 15.9 Å². The van der Waals surface area contributed by atoms with Crippen molar-refractivity contribution < 1.29 is 19.2 Å². The van der Waals surface area contributed by atoms with Crippen LogP contribution in [0.2, 0.25) is 0 Å². The van der Waals surface area contributed by atoms with Gasteiger partial charge >= 0.3 is 0 Å². The van der Waals surface area contributed by atoms with E-state index in [0.717, 1.165) is 14.7 Å². The molecule has 1 atom stereocenters. The number of carbonyl (C=O) groups excluding carboxylic acids is 4. The van der Waals surface area contributed by atoms with Crippen molar-refractivity contribution in [2.24, 2.45) is 5.41 Å². The van der Waals surface area contributed by atoms with E-state index < -0.39 is 23.1 Å². The van der Waals surface area contributed by atoms with Gasteiger partial charge in [-0.1, -0.05) is 5.57 Å². The summed E-state index contributed by atoms with van der Waals surface area (Å²) in [5, 5.41) is 8.24. The average molecular weight is 551 g/mol. The molecule has 0 radical (unpaired) electrons. The fourth-order valence-corrected chi connectivity index (χ4v) is 3.84. The lowest BCUT2D eigenvalue weighted by Gasteiger charge is -2.24. The van der Waals surface area contributed by atoms with Gasteiger partial charge in [0.2, 0.25) is 11.7 Å². The number of allylic oxidation sites excluding steroid dienone is 1. The van der Waals surface area contributed by atoms with Crippen LogP contribution in [-0.2, 0) is 19.2 Å². The first-order valence-corrected chi connectivity index (χ1v) is 11.4. The standard InChI is InChI=1S/C24H30IN3O4/c1-12(2)19(21(30)27-16-8-9-17(25)13(3)10-16)14(4)15(5)20(29)22(31)28-18-11-26-23(32)24(18,6)7/h8-10,18H,11H2,1-7H3,(H,26,32)(H,27,30)(H,28,31)/b15-14+/t18-/m0/s1. The number of amides is 3. The normalized spacial score (nSPS) is 17.8. The molecule has 0 saturated carbocycles. The maximum Gasteiger partial charge on any atom is 0.292 e. The maximum atomic E-state index is 13.0. The smallest absolute Gasteiger partial charge is 0.292 e. The van der Waals surface area contributed by atoms with Crippen molar-refractivity contribution in [3.63, 3.8) is 0 Å². The summed E-state index contributed by atoms with van der Waals surface area (Å²) in [5.41, 5.74) is 2.59. The molecule has 3 N–H and O–H groups in total. The summed E-state index contributed by atoms with van der Waals surface area (Å²) in [6.07, 6.45) is 0. The Balaban J connectivity index is 2.24. The molecule has 1 saturated heterocycles. The van der Waals surface area contributed by atoms with Gasteiger partial charge in [-0.05, 0) is 100 Å². The molecule has 0 unspecified atom stereocenters. The summed E-state index contributed by atoms with van der Waals surface area (Å²) in [6, 6.07) is 5.12. The van der Waals surface area contributed by atoms with E-state index >= 15 is 0 Å². The Hall–Kier alpha value is -2.49. The minimum Gasteiger partial charge on any atom is -0.353 e. The molecule has 3 amide bonds. The number of hydrogen-bond acceptors (Lipinski definition) is 4. The highest BCUT2D eigenvalue weighted by atomic mass is 127. The number of rotatable bonds is 6. The SMILES string of the molecule is CC(C)=C(C(=O)Nc1ccc(I)c(C)c1)/C(C)=C(\C)C(=O)C(=O)N[C@H]1CNC(=O)C1(C)C. The number of hydrogen-bond donors (Lipinski definition) is 3. The molecule has 0 spiro atoms. The number of halogens is 1. The fraction of sp³-hybridized carbons (Fsp3) is 0.417. The van der Waals surface area contributed by atoms with E-state index in [2.05, 4.69) is 38.5 Å². The van der Waals surface area contributed by atoms with Crippen LogP contribution >= 0.6 is 22.6 Å². The summed E-state index contributed by atoms with van der Waals surface area (Å²) in [4.78, 5) is 50.4. The van der Waals surface area contributed by atoms with Gasteiger partial charge in [-0.2, -0.15) is 0 Å². The molecule has 1 aliphatic heterocycles. The highest BCUT2D eigenvalue weighted by Gasteiger charge is 2.43. The second-order valence-corrected chi connectivity index (χ2v) is 9.99. The van der Waals surface area contributed by atoms with Crippen molar-refractivity contribution in [2.45, 2.75) is 54.5 Å².